The lowest BCUT2D eigenvalue weighted by Gasteiger charge is -2.24. The van der Waals surface area contributed by atoms with Gasteiger partial charge in [0.2, 0.25) is 0 Å². The largest absolute Gasteiger partial charge is 0.477 e. The fraction of sp³-hybridized carbons (Fsp3) is 0.190. The van der Waals surface area contributed by atoms with Crippen molar-refractivity contribution in [1.29, 1.82) is 0 Å². The van der Waals surface area contributed by atoms with E-state index in [1.165, 1.54) is 6.20 Å². The number of aromatic carboxylic acids is 1. The van der Waals surface area contributed by atoms with Crippen molar-refractivity contribution in [2.24, 2.45) is 0 Å². The number of benzene rings is 2. The molecule has 0 aliphatic carbocycles. The van der Waals surface area contributed by atoms with Crippen LogP contribution >= 0.6 is 0 Å². The summed E-state index contributed by atoms with van der Waals surface area (Å²) in [6, 6.07) is 17.1. The zero-order chi connectivity index (χ0) is 19.4. The molecule has 27 heavy (non-hydrogen) atoms. The molecule has 3 N–H and O–H groups in total. The summed E-state index contributed by atoms with van der Waals surface area (Å²) in [7, 11) is 0. The Morgan fingerprint density at radius 3 is 2.22 bits per heavy atom. The second kappa shape index (κ2) is 7.45. The van der Waals surface area contributed by atoms with Gasteiger partial charge in [-0.2, -0.15) is 0 Å². The highest BCUT2D eigenvalue weighted by molar-refractivity contribution is 5.94. The van der Waals surface area contributed by atoms with Crippen LogP contribution in [0, 0.1) is 0 Å². The van der Waals surface area contributed by atoms with Crippen molar-refractivity contribution in [1.82, 2.24) is 9.97 Å². The van der Waals surface area contributed by atoms with Gasteiger partial charge in [-0.25, -0.2) is 14.8 Å². The van der Waals surface area contributed by atoms with Crippen LogP contribution in [0.1, 0.15) is 31.1 Å². The highest BCUT2D eigenvalue weighted by atomic mass is 16.4. The standard InChI is InChI=1S/C21H22N4O2/c1-21(2,3)25-17-12-8-7-11-16(17)23-19-15(20(26)27)13-22-18(24-19)14-9-5-4-6-10-14/h4-13,25H,1-3H3,(H,26,27)(H,22,23,24). The van der Waals surface area contributed by atoms with E-state index in [2.05, 4.69) is 41.4 Å². The number of hydrogen-bond donors (Lipinski definition) is 3. The molecule has 0 saturated carbocycles. The number of nitrogens with one attached hydrogen (secondary N) is 2. The molecule has 0 aliphatic heterocycles. The van der Waals surface area contributed by atoms with Crippen molar-refractivity contribution in [3.8, 4) is 11.4 Å². The first-order chi connectivity index (χ1) is 12.8. The van der Waals surface area contributed by atoms with Gasteiger partial charge < -0.3 is 15.7 Å². The monoisotopic (exact) mass is 362 g/mol. The molecule has 0 unspecified atom stereocenters. The molecule has 0 amide bonds. The van der Waals surface area contributed by atoms with Crippen molar-refractivity contribution >= 4 is 23.2 Å². The Morgan fingerprint density at radius 1 is 0.963 bits per heavy atom. The number of carboxylic acids is 1. The molecule has 1 aromatic heterocycles. The van der Waals surface area contributed by atoms with E-state index in [1.54, 1.807) is 0 Å². The van der Waals surface area contributed by atoms with Crippen LogP contribution in [-0.2, 0) is 0 Å². The summed E-state index contributed by atoms with van der Waals surface area (Å²) in [5, 5.41) is 16.1. The maximum atomic E-state index is 11.6. The molecule has 2 aromatic carbocycles. The average Bonchev–Trinajstić information content (AvgIpc) is 2.62. The van der Waals surface area contributed by atoms with E-state index < -0.39 is 5.97 Å². The van der Waals surface area contributed by atoms with Crippen LogP contribution < -0.4 is 10.6 Å². The molecule has 0 saturated heterocycles. The van der Waals surface area contributed by atoms with Gasteiger partial charge in [0.1, 0.15) is 11.4 Å². The van der Waals surface area contributed by atoms with Crippen molar-refractivity contribution in [3.63, 3.8) is 0 Å². The van der Waals surface area contributed by atoms with E-state index in [-0.39, 0.29) is 16.9 Å². The van der Waals surface area contributed by atoms with Crippen LogP contribution in [-0.4, -0.2) is 26.6 Å². The fourth-order valence-corrected chi connectivity index (χ4v) is 2.59. The first-order valence-electron chi connectivity index (χ1n) is 8.63. The average molecular weight is 362 g/mol. The van der Waals surface area contributed by atoms with E-state index in [4.69, 9.17) is 0 Å². The molecule has 0 aliphatic rings. The van der Waals surface area contributed by atoms with Gasteiger partial charge in [0.05, 0.1) is 11.4 Å². The molecule has 138 valence electrons. The maximum absolute atomic E-state index is 11.6. The first-order valence-corrected chi connectivity index (χ1v) is 8.63. The van der Waals surface area contributed by atoms with Gasteiger partial charge in [-0.1, -0.05) is 42.5 Å². The van der Waals surface area contributed by atoms with Gasteiger partial charge in [0, 0.05) is 17.3 Å². The summed E-state index contributed by atoms with van der Waals surface area (Å²) in [4.78, 5) is 20.3. The van der Waals surface area contributed by atoms with Crippen molar-refractivity contribution in [2.45, 2.75) is 26.3 Å². The Hall–Kier alpha value is -3.41. The molecule has 0 bridgehead atoms. The van der Waals surface area contributed by atoms with Gasteiger partial charge >= 0.3 is 5.97 Å². The number of rotatable bonds is 5. The smallest absolute Gasteiger partial charge is 0.341 e. The Labute approximate surface area is 158 Å². The predicted octanol–water partition coefficient (Wildman–Crippen LogP) is 4.80. The summed E-state index contributed by atoms with van der Waals surface area (Å²) in [6.07, 6.45) is 1.33. The van der Waals surface area contributed by atoms with Gasteiger partial charge in [0.15, 0.2) is 5.82 Å². The molecular formula is C21H22N4O2. The third kappa shape index (κ3) is 4.61. The second-order valence-electron chi connectivity index (χ2n) is 7.17. The Kier molecular flexibility index (Phi) is 5.07. The zero-order valence-corrected chi connectivity index (χ0v) is 15.5. The van der Waals surface area contributed by atoms with Crippen molar-refractivity contribution < 1.29 is 9.90 Å². The summed E-state index contributed by atoms with van der Waals surface area (Å²) in [5.41, 5.74) is 2.29. The van der Waals surface area contributed by atoms with Crippen LogP contribution in [0.4, 0.5) is 17.2 Å². The minimum atomic E-state index is -1.08. The minimum Gasteiger partial charge on any atom is -0.477 e. The third-order valence-corrected chi connectivity index (χ3v) is 3.74. The van der Waals surface area contributed by atoms with Gasteiger partial charge in [-0.15, -0.1) is 0 Å². The highest BCUT2D eigenvalue weighted by Crippen LogP contribution is 2.29. The SMILES string of the molecule is CC(C)(C)Nc1ccccc1Nc1nc(-c2ccccc2)ncc1C(=O)O. The number of carbonyl (C=O) groups is 1. The third-order valence-electron chi connectivity index (χ3n) is 3.74. The lowest BCUT2D eigenvalue weighted by Crippen LogP contribution is -2.26. The second-order valence-corrected chi connectivity index (χ2v) is 7.17. The quantitative estimate of drug-likeness (QED) is 0.604. The molecule has 6 heteroatoms. The summed E-state index contributed by atoms with van der Waals surface area (Å²) in [6.45, 7) is 6.18. The van der Waals surface area contributed by atoms with Crippen LogP contribution in [0.15, 0.2) is 60.8 Å². The van der Waals surface area contributed by atoms with Crippen LogP contribution in [0.3, 0.4) is 0 Å². The lowest BCUT2D eigenvalue weighted by molar-refractivity contribution is 0.0697. The highest BCUT2D eigenvalue weighted by Gasteiger charge is 2.17. The first kappa shape index (κ1) is 18.4. The van der Waals surface area contributed by atoms with E-state index in [0.29, 0.717) is 5.82 Å². The molecule has 3 rings (SSSR count). The van der Waals surface area contributed by atoms with Gasteiger partial charge in [-0.05, 0) is 32.9 Å². The number of carboxylic acid groups (broad SMARTS) is 1. The van der Waals surface area contributed by atoms with E-state index in [1.807, 2.05) is 54.6 Å². The van der Waals surface area contributed by atoms with E-state index in [9.17, 15) is 9.90 Å². The topological polar surface area (TPSA) is 87.1 Å². The zero-order valence-electron chi connectivity index (χ0n) is 15.5. The Bertz CT molecular complexity index is 950. The Balaban J connectivity index is 2.02. The molecule has 1 heterocycles. The fourth-order valence-electron chi connectivity index (χ4n) is 2.59. The predicted molar refractivity (Wildman–Crippen MR) is 108 cm³/mol. The van der Waals surface area contributed by atoms with Crippen LogP contribution in [0.5, 0.6) is 0 Å². The van der Waals surface area contributed by atoms with Crippen molar-refractivity contribution in [3.05, 3.63) is 66.4 Å². The molecule has 0 atom stereocenters. The molecule has 0 spiro atoms. The molecule has 0 radical (unpaired) electrons. The molecule has 3 aromatic rings. The van der Waals surface area contributed by atoms with Crippen molar-refractivity contribution in [2.75, 3.05) is 10.6 Å². The number of aromatic nitrogens is 2. The molecule has 6 nitrogen and oxygen atoms in total. The normalized spacial score (nSPS) is 11.1. The summed E-state index contributed by atoms with van der Waals surface area (Å²) < 4.78 is 0. The van der Waals surface area contributed by atoms with Crippen LogP contribution in [0.2, 0.25) is 0 Å². The molecular weight excluding hydrogens is 340 g/mol. The van der Waals surface area contributed by atoms with Gasteiger partial charge in [-0.3, -0.25) is 0 Å². The summed E-state index contributed by atoms with van der Waals surface area (Å²) in [5.74, 6) is -0.373. The Morgan fingerprint density at radius 2 is 1.59 bits per heavy atom. The molecule has 0 fully saturated rings. The number of para-hydroxylation sites is 2. The maximum Gasteiger partial charge on any atom is 0.341 e. The number of anilines is 3. The van der Waals surface area contributed by atoms with Crippen LogP contribution in [0.25, 0.3) is 11.4 Å². The van der Waals surface area contributed by atoms with E-state index >= 15 is 0 Å². The van der Waals surface area contributed by atoms with Gasteiger partial charge in [0.25, 0.3) is 0 Å². The number of nitrogens with zero attached hydrogens (tertiary/aromatic N) is 2. The van der Waals surface area contributed by atoms with E-state index in [0.717, 1.165) is 16.9 Å². The lowest BCUT2D eigenvalue weighted by atomic mass is 10.1. The minimum absolute atomic E-state index is 0.0141. The summed E-state index contributed by atoms with van der Waals surface area (Å²) >= 11 is 0. The number of hydrogen-bond acceptors (Lipinski definition) is 5.